The van der Waals surface area contributed by atoms with Crippen molar-refractivity contribution in [2.75, 3.05) is 10.6 Å². The number of amides is 2. The summed E-state index contributed by atoms with van der Waals surface area (Å²) in [4.78, 5) is 27.6. The highest BCUT2D eigenvalue weighted by Gasteiger charge is 2.06. The standard InChI is InChI=1S/C22H22N4O2/c1-15-3-5-17(6-4-15)13-24-22(28)18-7-12-21(23-14-18)26-20-10-8-19(9-11-20)25-16(2)27/h3-12,14H,13H2,1-2H3,(H,23,26)(H,24,28)(H,25,27). The molecule has 28 heavy (non-hydrogen) atoms. The number of nitrogens with one attached hydrogen (secondary N) is 3. The minimum Gasteiger partial charge on any atom is -0.348 e. The van der Waals surface area contributed by atoms with E-state index in [1.165, 1.54) is 12.5 Å². The Balaban J connectivity index is 1.55. The summed E-state index contributed by atoms with van der Waals surface area (Å²) in [5.74, 6) is 0.347. The number of nitrogens with zero attached hydrogens (tertiary/aromatic N) is 1. The van der Waals surface area contributed by atoms with Crippen molar-refractivity contribution >= 4 is 29.0 Å². The second-order valence-corrected chi connectivity index (χ2v) is 6.48. The minimum atomic E-state index is -0.167. The van der Waals surface area contributed by atoms with Crippen molar-refractivity contribution < 1.29 is 9.59 Å². The van der Waals surface area contributed by atoms with Gasteiger partial charge in [0.1, 0.15) is 5.82 Å². The fourth-order valence-corrected chi connectivity index (χ4v) is 2.58. The summed E-state index contributed by atoms with van der Waals surface area (Å²) in [6, 6.07) is 18.8. The molecule has 3 N–H and O–H groups in total. The third-order valence-corrected chi connectivity index (χ3v) is 4.08. The highest BCUT2D eigenvalue weighted by molar-refractivity contribution is 5.94. The summed E-state index contributed by atoms with van der Waals surface area (Å²) in [7, 11) is 0. The van der Waals surface area contributed by atoms with Gasteiger partial charge in [-0.1, -0.05) is 29.8 Å². The summed E-state index contributed by atoms with van der Waals surface area (Å²) in [5, 5.41) is 8.77. The largest absolute Gasteiger partial charge is 0.348 e. The number of anilines is 3. The number of hydrogen-bond donors (Lipinski definition) is 3. The van der Waals surface area contributed by atoms with Gasteiger partial charge >= 0.3 is 0 Å². The maximum atomic E-state index is 12.3. The van der Waals surface area contributed by atoms with Gasteiger partial charge in [-0.25, -0.2) is 4.98 Å². The van der Waals surface area contributed by atoms with Crippen LogP contribution in [0.25, 0.3) is 0 Å². The van der Waals surface area contributed by atoms with Crippen LogP contribution in [-0.2, 0) is 11.3 Å². The number of carbonyl (C=O) groups is 2. The molecule has 0 spiro atoms. The van der Waals surface area contributed by atoms with E-state index in [2.05, 4.69) is 20.9 Å². The molecule has 0 saturated heterocycles. The maximum absolute atomic E-state index is 12.3. The Bertz CT molecular complexity index is 949. The van der Waals surface area contributed by atoms with Gasteiger partial charge in [0.2, 0.25) is 5.91 Å². The molecule has 0 aliphatic heterocycles. The van der Waals surface area contributed by atoms with Crippen LogP contribution in [0.5, 0.6) is 0 Å². The van der Waals surface area contributed by atoms with Gasteiger partial charge in [0.25, 0.3) is 5.91 Å². The molecular formula is C22H22N4O2. The zero-order valence-corrected chi connectivity index (χ0v) is 15.8. The summed E-state index contributed by atoms with van der Waals surface area (Å²) in [6.45, 7) is 3.97. The highest BCUT2D eigenvalue weighted by atomic mass is 16.2. The summed E-state index contributed by atoms with van der Waals surface area (Å²) in [6.07, 6.45) is 1.54. The molecule has 3 aromatic rings. The SMILES string of the molecule is CC(=O)Nc1ccc(Nc2ccc(C(=O)NCc3ccc(C)cc3)cn2)cc1. The molecule has 0 aliphatic carbocycles. The first-order chi connectivity index (χ1) is 13.5. The van der Waals surface area contributed by atoms with Crippen LogP contribution >= 0.6 is 0 Å². The lowest BCUT2D eigenvalue weighted by molar-refractivity contribution is -0.114. The van der Waals surface area contributed by atoms with E-state index in [1.807, 2.05) is 43.3 Å². The number of aromatic nitrogens is 1. The van der Waals surface area contributed by atoms with Crippen LogP contribution in [0.15, 0.2) is 66.9 Å². The quantitative estimate of drug-likeness (QED) is 0.608. The summed E-state index contributed by atoms with van der Waals surface area (Å²) < 4.78 is 0. The summed E-state index contributed by atoms with van der Waals surface area (Å²) >= 11 is 0. The van der Waals surface area contributed by atoms with Crippen molar-refractivity contribution in [1.82, 2.24) is 10.3 Å². The van der Waals surface area contributed by atoms with Crippen LogP contribution < -0.4 is 16.0 Å². The number of hydrogen-bond acceptors (Lipinski definition) is 4. The van der Waals surface area contributed by atoms with E-state index in [1.54, 1.807) is 30.5 Å². The molecule has 0 saturated carbocycles. The fourth-order valence-electron chi connectivity index (χ4n) is 2.58. The Hall–Kier alpha value is -3.67. The Morgan fingerprint density at radius 1 is 0.893 bits per heavy atom. The Kier molecular flexibility index (Phi) is 6.01. The zero-order valence-electron chi connectivity index (χ0n) is 15.8. The van der Waals surface area contributed by atoms with Gasteiger partial charge < -0.3 is 16.0 Å². The number of aryl methyl sites for hydroxylation is 1. The molecule has 142 valence electrons. The third kappa shape index (κ3) is 5.41. The van der Waals surface area contributed by atoms with Crippen molar-refractivity contribution in [3.8, 4) is 0 Å². The number of pyridine rings is 1. The average molecular weight is 374 g/mol. The van der Waals surface area contributed by atoms with Crippen LogP contribution in [-0.4, -0.2) is 16.8 Å². The van der Waals surface area contributed by atoms with E-state index in [0.29, 0.717) is 17.9 Å². The van der Waals surface area contributed by atoms with E-state index in [9.17, 15) is 9.59 Å². The first kappa shape index (κ1) is 19.1. The van der Waals surface area contributed by atoms with E-state index in [4.69, 9.17) is 0 Å². The molecule has 2 amide bonds. The zero-order chi connectivity index (χ0) is 19.9. The molecule has 0 unspecified atom stereocenters. The second kappa shape index (κ2) is 8.81. The maximum Gasteiger partial charge on any atom is 0.253 e. The third-order valence-electron chi connectivity index (χ3n) is 4.08. The summed E-state index contributed by atoms with van der Waals surface area (Å²) in [5.41, 5.74) is 4.29. The topological polar surface area (TPSA) is 83.1 Å². The average Bonchev–Trinajstić information content (AvgIpc) is 2.69. The van der Waals surface area contributed by atoms with Gasteiger partial charge in [-0.05, 0) is 48.9 Å². The predicted octanol–water partition coefficient (Wildman–Crippen LogP) is 4.02. The first-order valence-corrected chi connectivity index (χ1v) is 8.94. The molecule has 6 nitrogen and oxygen atoms in total. The van der Waals surface area contributed by atoms with Crippen LogP contribution in [0.4, 0.5) is 17.2 Å². The van der Waals surface area contributed by atoms with E-state index >= 15 is 0 Å². The van der Waals surface area contributed by atoms with Crippen LogP contribution in [0, 0.1) is 6.92 Å². The fraction of sp³-hybridized carbons (Fsp3) is 0.136. The normalized spacial score (nSPS) is 10.2. The van der Waals surface area contributed by atoms with Crippen molar-refractivity contribution in [2.24, 2.45) is 0 Å². The number of rotatable bonds is 6. The van der Waals surface area contributed by atoms with Gasteiger partial charge in [-0.3, -0.25) is 9.59 Å². The molecule has 0 fully saturated rings. The van der Waals surface area contributed by atoms with Crippen molar-refractivity contribution in [3.63, 3.8) is 0 Å². The smallest absolute Gasteiger partial charge is 0.253 e. The second-order valence-electron chi connectivity index (χ2n) is 6.48. The van der Waals surface area contributed by atoms with Gasteiger partial charge in [-0.15, -0.1) is 0 Å². The van der Waals surface area contributed by atoms with E-state index in [-0.39, 0.29) is 11.8 Å². The monoisotopic (exact) mass is 374 g/mol. The molecule has 0 atom stereocenters. The lowest BCUT2D eigenvalue weighted by atomic mass is 10.1. The van der Waals surface area contributed by atoms with E-state index < -0.39 is 0 Å². The molecule has 1 heterocycles. The van der Waals surface area contributed by atoms with Crippen LogP contribution in [0.1, 0.15) is 28.4 Å². The molecule has 1 aromatic heterocycles. The minimum absolute atomic E-state index is 0.112. The molecule has 6 heteroatoms. The van der Waals surface area contributed by atoms with Gasteiger partial charge in [0.05, 0.1) is 5.56 Å². The molecule has 0 radical (unpaired) electrons. The predicted molar refractivity (Wildman–Crippen MR) is 111 cm³/mol. The Morgan fingerprint density at radius 2 is 1.57 bits per heavy atom. The van der Waals surface area contributed by atoms with Crippen molar-refractivity contribution in [3.05, 3.63) is 83.6 Å². The van der Waals surface area contributed by atoms with Crippen LogP contribution in [0.2, 0.25) is 0 Å². The number of benzene rings is 2. The Labute approximate surface area is 164 Å². The lowest BCUT2D eigenvalue weighted by Crippen LogP contribution is -2.22. The molecular weight excluding hydrogens is 352 g/mol. The van der Waals surface area contributed by atoms with Crippen molar-refractivity contribution in [2.45, 2.75) is 20.4 Å². The van der Waals surface area contributed by atoms with Crippen molar-refractivity contribution in [1.29, 1.82) is 0 Å². The molecule has 0 aliphatic rings. The number of carbonyl (C=O) groups excluding carboxylic acids is 2. The van der Waals surface area contributed by atoms with Crippen LogP contribution in [0.3, 0.4) is 0 Å². The molecule has 2 aromatic carbocycles. The van der Waals surface area contributed by atoms with Gasteiger partial charge in [0, 0.05) is 31.0 Å². The van der Waals surface area contributed by atoms with Gasteiger partial charge in [-0.2, -0.15) is 0 Å². The van der Waals surface area contributed by atoms with E-state index in [0.717, 1.165) is 16.9 Å². The first-order valence-electron chi connectivity index (χ1n) is 8.94. The molecule has 3 rings (SSSR count). The lowest BCUT2D eigenvalue weighted by Gasteiger charge is -2.09. The Morgan fingerprint density at radius 3 is 2.18 bits per heavy atom. The highest BCUT2D eigenvalue weighted by Crippen LogP contribution is 2.18. The molecule has 0 bridgehead atoms. The van der Waals surface area contributed by atoms with Gasteiger partial charge in [0.15, 0.2) is 0 Å².